The smallest absolute Gasteiger partial charge is 0.262 e. The Kier molecular flexibility index (Phi) is 6.05. The quantitative estimate of drug-likeness (QED) is 0.483. The number of ether oxygens (including phenoxy) is 3. The van der Waals surface area contributed by atoms with Crippen LogP contribution in [0, 0.1) is 5.92 Å². The van der Waals surface area contributed by atoms with Crippen LogP contribution < -0.4 is 19.3 Å². The predicted octanol–water partition coefficient (Wildman–Crippen LogP) is 3.76. The van der Waals surface area contributed by atoms with E-state index in [1.807, 2.05) is 60.7 Å². The summed E-state index contributed by atoms with van der Waals surface area (Å²) in [5, 5.41) is 1.64. The third-order valence-corrected chi connectivity index (χ3v) is 6.43. The lowest BCUT2D eigenvalue weighted by Gasteiger charge is -2.29. The van der Waals surface area contributed by atoms with Crippen LogP contribution in [0.25, 0.3) is 0 Å². The van der Waals surface area contributed by atoms with E-state index in [0.29, 0.717) is 22.8 Å². The lowest BCUT2D eigenvalue weighted by atomic mass is 9.90. The molecule has 2 fully saturated rings. The van der Waals surface area contributed by atoms with Gasteiger partial charge in [-0.1, -0.05) is 48.5 Å². The number of anilines is 1. The van der Waals surface area contributed by atoms with Gasteiger partial charge in [0, 0.05) is 0 Å². The van der Waals surface area contributed by atoms with Gasteiger partial charge in [-0.2, -0.15) is 0 Å². The largest absolute Gasteiger partial charge is 0.493 e. The van der Waals surface area contributed by atoms with Crippen molar-refractivity contribution in [2.24, 2.45) is 5.92 Å². The van der Waals surface area contributed by atoms with Crippen molar-refractivity contribution in [3.05, 3.63) is 83.9 Å². The maximum Gasteiger partial charge on any atom is 0.262 e. The molecule has 3 aromatic carbocycles. The van der Waals surface area contributed by atoms with Crippen LogP contribution in [0.4, 0.5) is 5.69 Å². The van der Waals surface area contributed by atoms with Crippen LogP contribution in [0.1, 0.15) is 17.2 Å². The summed E-state index contributed by atoms with van der Waals surface area (Å²) in [6.07, 6.45) is -0.935. The van der Waals surface area contributed by atoms with Gasteiger partial charge in [-0.3, -0.25) is 19.3 Å². The van der Waals surface area contributed by atoms with Gasteiger partial charge in [-0.05, 0) is 35.4 Å². The molecule has 180 valence electrons. The van der Waals surface area contributed by atoms with E-state index in [-0.39, 0.29) is 18.4 Å². The molecule has 0 bridgehead atoms. The first-order valence-electron chi connectivity index (χ1n) is 11.3. The average molecular weight is 475 g/mol. The molecule has 0 spiro atoms. The van der Waals surface area contributed by atoms with Crippen LogP contribution in [0.5, 0.6) is 17.2 Å². The van der Waals surface area contributed by atoms with Crippen LogP contribution in [-0.2, 0) is 21.0 Å². The van der Waals surface area contributed by atoms with E-state index in [1.54, 1.807) is 17.2 Å². The van der Waals surface area contributed by atoms with Crippen molar-refractivity contribution in [3.63, 3.8) is 0 Å². The molecule has 0 radical (unpaired) electrons. The van der Waals surface area contributed by atoms with Gasteiger partial charge >= 0.3 is 0 Å². The maximum atomic E-state index is 13.7. The molecule has 2 aliphatic heterocycles. The number of hydrogen-bond donors (Lipinski definition) is 0. The van der Waals surface area contributed by atoms with E-state index in [9.17, 15) is 9.59 Å². The Labute approximate surface area is 203 Å². The summed E-state index contributed by atoms with van der Waals surface area (Å²) in [5.41, 5.74) is 2.31. The summed E-state index contributed by atoms with van der Waals surface area (Å²) in [7, 11) is 4.61. The summed E-state index contributed by atoms with van der Waals surface area (Å²) < 4.78 is 16.6. The van der Waals surface area contributed by atoms with Crippen molar-refractivity contribution in [1.29, 1.82) is 0 Å². The monoisotopic (exact) mass is 474 g/mol. The molecule has 8 heteroatoms. The SMILES string of the molecule is COc1cc([C@@H]2[C@H]3C(=O)N(Cc4ccccc4)C(=O)[C@@H]3ON2c2ccccc2)cc(OC)c1OC. The Morgan fingerprint density at radius 2 is 1.40 bits per heavy atom. The summed E-state index contributed by atoms with van der Waals surface area (Å²) in [6.45, 7) is 0.197. The minimum Gasteiger partial charge on any atom is -0.493 e. The van der Waals surface area contributed by atoms with Gasteiger partial charge in [0.15, 0.2) is 17.6 Å². The number of nitrogens with zero attached hydrogens (tertiary/aromatic N) is 2. The fraction of sp³-hybridized carbons (Fsp3) is 0.259. The molecule has 35 heavy (non-hydrogen) atoms. The zero-order valence-corrected chi connectivity index (χ0v) is 19.7. The predicted molar refractivity (Wildman–Crippen MR) is 128 cm³/mol. The molecule has 0 saturated carbocycles. The second kappa shape index (κ2) is 9.31. The van der Waals surface area contributed by atoms with Gasteiger partial charge in [0.1, 0.15) is 5.92 Å². The van der Waals surface area contributed by atoms with E-state index in [0.717, 1.165) is 11.3 Å². The van der Waals surface area contributed by atoms with Crippen molar-refractivity contribution >= 4 is 17.5 Å². The van der Waals surface area contributed by atoms with E-state index >= 15 is 0 Å². The number of methoxy groups -OCH3 is 3. The van der Waals surface area contributed by atoms with E-state index in [4.69, 9.17) is 19.0 Å². The summed E-state index contributed by atoms with van der Waals surface area (Å²) in [4.78, 5) is 34.6. The molecule has 3 atom stereocenters. The van der Waals surface area contributed by atoms with Gasteiger partial charge < -0.3 is 14.2 Å². The third kappa shape index (κ3) is 3.85. The summed E-state index contributed by atoms with van der Waals surface area (Å²) in [5.74, 6) is -0.0116. The average Bonchev–Trinajstić information content (AvgIpc) is 3.41. The number of imide groups is 1. The van der Waals surface area contributed by atoms with Crippen LogP contribution >= 0.6 is 0 Å². The maximum absolute atomic E-state index is 13.7. The second-order valence-corrected chi connectivity index (χ2v) is 8.36. The van der Waals surface area contributed by atoms with Crippen molar-refractivity contribution in [1.82, 2.24) is 4.90 Å². The van der Waals surface area contributed by atoms with Crippen LogP contribution in [0.2, 0.25) is 0 Å². The molecule has 3 aromatic rings. The highest BCUT2D eigenvalue weighted by atomic mass is 16.7. The van der Waals surface area contributed by atoms with Gasteiger partial charge in [0.05, 0.1) is 39.6 Å². The molecule has 0 N–H and O–H groups in total. The first kappa shape index (κ1) is 22.7. The Morgan fingerprint density at radius 3 is 1.97 bits per heavy atom. The molecule has 5 rings (SSSR count). The Balaban J connectivity index is 1.59. The van der Waals surface area contributed by atoms with Crippen LogP contribution in [-0.4, -0.2) is 44.1 Å². The molecule has 2 saturated heterocycles. The fourth-order valence-electron chi connectivity index (χ4n) is 4.80. The van der Waals surface area contributed by atoms with Gasteiger partial charge in [-0.25, -0.2) is 5.06 Å². The highest BCUT2D eigenvalue weighted by Gasteiger charge is 2.60. The summed E-state index contributed by atoms with van der Waals surface area (Å²) >= 11 is 0. The number of hydroxylamine groups is 1. The number of amides is 2. The number of hydrogen-bond acceptors (Lipinski definition) is 7. The molecule has 2 aliphatic rings. The van der Waals surface area contributed by atoms with Gasteiger partial charge in [-0.15, -0.1) is 0 Å². The number of para-hydroxylation sites is 1. The minimum atomic E-state index is -0.935. The van der Waals surface area contributed by atoms with Gasteiger partial charge in [0.25, 0.3) is 5.91 Å². The van der Waals surface area contributed by atoms with Crippen molar-refractivity contribution in [3.8, 4) is 17.2 Å². The first-order chi connectivity index (χ1) is 17.1. The van der Waals surface area contributed by atoms with Crippen LogP contribution in [0.3, 0.4) is 0 Å². The molecular weight excluding hydrogens is 448 g/mol. The van der Waals surface area contributed by atoms with E-state index in [2.05, 4.69) is 0 Å². The molecule has 0 aromatic heterocycles. The zero-order valence-electron chi connectivity index (χ0n) is 19.7. The highest BCUT2D eigenvalue weighted by Crippen LogP contribution is 2.50. The van der Waals surface area contributed by atoms with Crippen LogP contribution in [0.15, 0.2) is 72.8 Å². The van der Waals surface area contributed by atoms with Gasteiger partial charge in [0.2, 0.25) is 11.7 Å². The Hall–Kier alpha value is -4.04. The Bertz CT molecular complexity index is 1210. The molecule has 8 nitrogen and oxygen atoms in total. The summed E-state index contributed by atoms with van der Waals surface area (Å²) in [6, 6.07) is 21.9. The normalized spacial score (nSPS) is 21.3. The lowest BCUT2D eigenvalue weighted by molar-refractivity contribution is -0.143. The number of carbonyl (C=O) groups excluding carboxylic acids is 2. The topological polar surface area (TPSA) is 77.5 Å². The zero-order chi connectivity index (χ0) is 24.5. The minimum absolute atomic E-state index is 0.197. The number of rotatable bonds is 7. The molecule has 2 amide bonds. The number of benzene rings is 3. The van der Waals surface area contributed by atoms with Crippen molar-refractivity contribution < 1.29 is 28.6 Å². The van der Waals surface area contributed by atoms with Crippen molar-refractivity contribution in [2.75, 3.05) is 26.4 Å². The number of fused-ring (bicyclic) bond motifs is 1. The molecule has 0 unspecified atom stereocenters. The molecule has 2 heterocycles. The third-order valence-electron chi connectivity index (χ3n) is 6.43. The standard InChI is InChI=1S/C27H26N2O6/c1-32-20-14-18(15-21(33-2)24(20)34-3)23-22-25(35-29(23)19-12-8-5-9-13-19)27(31)28(26(22)30)16-17-10-6-4-7-11-17/h4-15,22-23,25H,16H2,1-3H3/t22-,23-,25-/m1/s1. The van der Waals surface area contributed by atoms with E-state index < -0.39 is 18.1 Å². The molecular formula is C27H26N2O6. The second-order valence-electron chi connectivity index (χ2n) is 8.36. The molecule has 0 aliphatic carbocycles. The van der Waals surface area contributed by atoms with Crippen molar-refractivity contribution in [2.45, 2.75) is 18.7 Å². The Morgan fingerprint density at radius 1 is 0.800 bits per heavy atom. The lowest BCUT2D eigenvalue weighted by Crippen LogP contribution is -2.37. The fourth-order valence-corrected chi connectivity index (χ4v) is 4.80. The number of likely N-dealkylation sites (tertiary alicyclic amines) is 1. The highest BCUT2D eigenvalue weighted by molar-refractivity contribution is 6.07. The first-order valence-corrected chi connectivity index (χ1v) is 11.3. The number of carbonyl (C=O) groups is 2. The van der Waals surface area contributed by atoms with E-state index in [1.165, 1.54) is 26.2 Å².